The first kappa shape index (κ1) is 21.0. The number of unbranched alkanes of at least 4 members (excludes halogenated alkanes) is 1. The first-order chi connectivity index (χ1) is 12.9. The molecule has 2 saturated carbocycles. The highest BCUT2D eigenvalue weighted by molar-refractivity contribution is 5.85. The van der Waals surface area contributed by atoms with Crippen LogP contribution in [0.15, 0.2) is 0 Å². The van der Waals surface area contributed by atoms with Gasteiger partial charge >= 0.3 is 0 Å². The topological polar surface area (TPSA) is 50.1 Å². The molecule has 3 aliphatic rings. The van der Waals surface area contributed by atoms with Gasteiger partial charge in [0.25, 0.3) is 0 Å². The number of aromatic nitrogens is 4. The highest BCUT2D eigenvalue weighted by atomic mass is 35.5. The van der Waals surface area contributed by atoms with E-state index in [0.717, 1.165) is 11.9 Å². The molecule has 2 heterocycles. The summed E-state index contributed by atoms with van der Waals surface area (Å²) in [7, 11) is 0. The summed E-state index contributed by atoms with van der Waals surface area (Å²) in [6.07, 6.45) is 14.5. The lowest BCUT2D eigenvalue weighted by atomic mass is 10.0. The molecule has 0 bridgehead atoms. The fraction of sp³-hybridized carbons (Fsp3) is 0.950. The number of tetrazole rings is 1. The minimum Gasteiger partial charge on any atom is -0.298 e. The van der Waals surface area contributed by atoms with Crippen molar-refractivity contribution in [3.8, 4) is 0 Å². The molecule has 0 N–H and O–H groups in total. The molecule has 0 spiro atoms. The standard InChI is InChI=1S/C20H36N6.ClH/c1-2-3-12-19(20-21-22-23-26(20)18-10-6-7-11-18)25-15-13-24(14-16-25)17-8-4-5-9-17;/h17-19H,2-16H2,1H3;1H. The number of rotatable bonds is 7. The molecule has 1 saturated heterocycles. The van der Waals surface area contributed by atoms with Crippen LogP contribution in [-0.4, -0.2) is 62.2 Å². The van der Waals surface area contributed by atoms with Crippen LogP contribution in [0.4, 0.5) is 0 Å². The zero-order valence-electron chi connectivity index (χ0n) is 16.9. The van der Waals surface area contributed by atoms with Gasteiger partial charge in [-0.2, -0.15) is 0 Å². The van der Waals surface area contributed by atoms with Crippen LogP contribution in [-0.2, 0) is 0 Å². The van der Waals surface area contributed by atoms with Crippen LogP contribution in [0.1, 0.15) is 95.5 Å². The van der Waals surface area contributed by atoms with Crippen molar-refractivity contribution in [1.29, 1.82) is 0 Å². The second-order valence-corrected chi connectivity index (χ2v) is 8.59. The summed E-state index contributed by atoms with van der Waals surface area (Å²) < 4.78 is 2.19. The molecule has 1 aromatic rings. The van der Waals surface area contributed by atoms with Crippen molar-refractivity contribution >= 4 is 12.4 Å². The average Bonchev–Trinajstić information content (AvgIpc) is 3.43. The zero-order valence-corrected chi connectivity index (χ0v) is 17.7. The molecule has 0 amide bonds. The van der Waals surface area contributed by atoms with E-state index < -0.39 is 0 Å². The molecule has 7 heteroatoms. The van der Waals surface area contributed by atoms with Gasteiger partial charge in [-0.05, 0) is 42.5 Å². The predicted molar refractivity (Wildman–Crippen MR) is 110 cm³/mol. The maximum atomic E-state index is 4.53. The van der Waals surface area contributed by atoms with E-state index in [1.165, 1.54) is 96.8 Å². The van der Waals surface area contributed by atoms with Crippen LogP contribution < -0.4 is 0 Å². The smallest absolute Gasteiger partial charge is 0.168 e. The number of halogens is 1. The largest absolute Gasteiger partial charge is 0.298 e. The molecule has 1 aliphatic heterocycles. The summed E-state index contributed by atoms with van der Waals surface area (Å²) in [6.45, 7) is 7.07. The van der Waals surface area contributed by atoms with E-state index >= 15 is 0 Å². The summed E-state index contributed by atoms with van der Waals surface area (Å²) in [5, 5.41) is 13.0. The van der Waals surface area contributed by atoms with Gasteiger partial charge in [-0.15, -0.1) is 17.5 Å². The second kappa shape index (κ2) is 10.2. The van der Waals surface area contributed by atoms with E-state index in [9.17, 15) is 0 Å². The lowest BCUT2D eigenvalue weighted by Crippen LogP contribution is -2.50. The minimum absolute atomic E-state index is 0. The fourth-order valence-electron chi connectivity index (χ4n) is 5.38. The van der Waals surface area contributed by atoms with Crippen molar-refractivity contribution in [3.63, 3.8) is 0 Å². The van der Waals surface area contributed by atoms with E-state index in [-0.39, 0.29) is 12.4 Å². The van der Waals surface area contributed by atoms with Crippen LogP contribution in [0.25, 0.3) is 0 Å². The van der Waals surface area contributed by atoms with Gasteiger partial charge in [-0.3, -0.25) is 9.80 Å². The van der Waals surface area contributed by atoms with Crippen molar-refractivity contribution in [2.75, 3.05) is 26.2 Å². The van der Waals surface area contributed by atoms with Gasteiger partial charge < -0.3 is 0 Å². The fourth-order valence-corrected chi connectivity index (χ4v) is 5.38. The van der Waals surface area contributed by atoms with Crippen molar-refractivity contribution < 1.29 is 0 Å². The summed E-state index contributed by atoms with van der Waals surface area (Å²) in [5.74, 6) is 1.14. The molecule has 4 rings (SSSR count). The molecule has 154 valence electrons. The maximum Gasteiger partial charge on any atom is 0.168 e. The van der Waals surface area contributed by atoms with Crippen molar-refractivity contribution in [3.05, 3.63) is 5.82 Å². The zero-order chi connectivity index (χ0) is 17.8. The predicted octanol–water partition coefficient (Wildman–Crippen LogP) is 4.00. The van der Waals surface area contributed by atoms with Gasteiger partial charge in [-0.25, -0.2) is 4.68 Å². The van der Waals surface area contributed by atoms with Crippen molar-refractivity contribution in [2.45, 2.75) is 95.7 Å². The maximum absolute atomic E-state index is 4.53. The lowest BCUT2D eigenvalue weighted by molar-refractivity contribution is 0.0615. The van der Waals surface area contributed by atoms with Crippen molar-refractivity contribution in [1.82, 2.24) is 30.0 Å². The van der Waals surface area contributed by atoms with Gasteiger partial charge in [0, 0.05) is 32.2 Å². The third-order valence-corrected chi connectivity index (χ3v) is 6.95. The number of hydrogen-bond acceptors (Lipinski definition) is 5. The Kier molecular flexibility index (Phi) is 7.91. The van der Waals surface area contributed by atoms with E-state index in [1.807, 2.05) is 0 Å². The van der Waals surface area contributed by atoms with Gasteiger partial charge in [-0.1, -0.05) is 45.4 Å². The summed E-state index contributed by atoms with van der Waals surface area (Å²) in [6, 6.07) is 1.79. The number of hydrogen-bond donors (Lipinski definition) is 0. The third kappa shape index (κ3) is 4.83. The van der Waals surface area contributed by atoms with Crippen LogP contribution in [0, 0.1) is 0 Å². The van der Waals surface area contributed by atoms with E-state index in [0.29, 0.717) is 12.1 Å². The minimum atomic E-state index is 0. The van der Waals surface area contributed by atoms with Gasteiger partial charge in [0.1, 0.15) is 0 Å². The summed E-state index contributed by atoms with van der Waals surface area (Å²) >= 11 is 0. The molecule has 27 heavy (non-hydrogen) atoms. The average molecular weight is 397 g/mol. The highest BCUT2D eigenvalue weighted by Gasteiger charge is 2.33. The molecule has 1 unspecified atom stereocenters. The Bertz CT molecular complexity index is 544. The molecule has 0 aromatic carbocycles. The second-order valence-electron chi connectivity index (χ2n) is 8.59. The first-order valence-corrected chi connectivity index (χ1v) is 11.1. The van der Waals surface area contributed by atoms with Crippen LogP contribution in [0.2, 0.25) is 0 Å². The molecular weight excluding hydrogens is 360 g/mol. The Morgan fingerprint density at radius 1 is 0.926 bits per heavy atom. The molecular formula is C20H37ClN6. The summed E-state index contributed by atoms with van der Waals surface area (Å²) in [5.41, 5.74) is 0. The Morgan fingerprint density at radius 2 is 1.56 bits per heavy atom. The molecule has 0 radical (unpaired) electrons. The molecule has 3 fully saturated rings. The van der Waals surface area contributed by atoms with Gasteiger partial charge in [0.2, 0.25) is 0 Å². The van der Waals surface area contributed by atoms with Crippen LogP contribution >= 0.6 is 12.4 Å². The molecule has 2 aliphatic carbocycles. The lowest BCUT2D eigenvalue weighted by Gasteiger charge is -2.41. The number of nitrogens with zero attached hydrogens (tertiary/aromatic N) is 6. The van der Waals surface area contributed by atoms with Crippen LogP contribution in [0.5, 0.6) is 0 Å². The Morgan fingerprint density at radius 3 is 2.19 bits per heavy atom. The van der Waals surface area contributed by atoms with Crippen LogP contribution in [0.3, 0.4) is 0 Å². The summed E-state index contributed by atoms with van der Waals surface area (Å²) in [4.78, 5) is 5.43. The Balaban J connectivity index is 0.00000210. The normalized spacial score (nSPS) is 24.3. The van der Waals surface area contributed by atoms with E-state index in [4.69, 9.17) is 0 Å². The quantitative estimate of drug-likeness (QED) is 0.697. The van der Waals surface area contributed by atoms with E-state index in [1.54, 1.807) is 0 Å². The molecule has 1 aromatic heterocycles. The molecule has 6 nitrogen and oxygen atoms in total. The third-order valence-electron chi connectivity index (χ3n) is 6.95. The van der Waals surface area contributed by atoms with Gasteiger partial charge in [0.15, 0.2) is 5.82 Å². The Labute approximate surface area is 170 Å². The SMILES string of the molecule is CCCCC(c1nnnn1C1CCCC1)N1CCN(C2CCCC2)CC1.Cl. The first-order valence-electron chi connectivity index (χ1n) is 11.1. The van der Waals surface area contributed by atoms with Gasteiger partial charge in [0.05, 0.1) is 12.1 Å². The number of piperazine rings is 1. The monoisotopic (exact) mass is 396 g/mol. The Hall–Kier alpha value is -0.720. The highest BCUT2D eigenvalue weighted by Crippen LogP contribution is 2.34. The van der Waals surface area contributed by atoms with Crippen molar-refractivity contribution in [2.24, 2.45) is 0 Å². The van der Waals surface area contributed by atoms with E-state index in [2.05, 4.69) is 36.9 Å². The molecule has 1 atom stereocenters.